The number of ether oxygens (including phenoxy) is 1. The molecule has 0 aliphatic heterocycles. The molecule has 1 aromatic heterocycles. The summed E-state index contributed by atoms with van der Waals surface area (Å²) >= 11 is 0. The molecular formula is C16H21N3O. The van der Waals surface area contributed by atoms with Crippen molar-refractivity contribution in [3.05, 3.63) is 41.6 Å². The minimum Gasteiger partial charge on any atom is -0.439 e. The Hall–Kier alpha value is -2.10. The van der Waals surface area contributed by atoms with Crippen molar-refractivity contribution in [2.24, 2.45) is 0 Å². The Morgan fingerprint density at radius 1 is 1.30 bits per heavy atom. The van der Waals surface area contributed by atoms with Gasteiger partial charge in [0.1, 0.15) is 5.75 Å². The van der Waals surface area contributed by atoms with E-state index in [4.69, 9.17) is 4.74 Å². The third-order valence-electron chi connectivity index (χ3n) is 3.00. The summed E-state index contributed by atoms with van der Waals surface area (Å²) in [7, 11) is 0. The smallest absolute Gasteiger partial charge is 0.226 e. The fourth-order valence-electron chi connectivity index (χ4n) is 1.82. The highest BCUT2D eigenvalue weighted by molar-refractivity contribution is 5.37. The summed E-state index contributed by atoms with van der Waals surface area (Å²) in [4.78, 5) is 8.60. The number of hydrogen-bond acceptors (Lipinski definition) is 4. The topological polar surface area (TPSA) is 47.0 Å². The molecular weight excluding hydrogens is 250 g/mol. The minimum absolute atomic E-state index is 0.474. The van der Waals surface area contributed by atoms with Crippen LogP contribution < -0.4 is 10.1 Å². The third kappa shape index (κ3) is 3.47. The summed E-state index contributed by atoms with van der Waals surface area (Å²) in [6, 6.07) is 8.11. The van der Waals surface area contributed by atoms with Crippen LogP contribution in [0.1, 0.15) is 37.8 Å². The van der Waals surface area contributed by atoms with Crippen LogP contribution in [0.25, 0.3) is 0 Å². The van der Waals surface area contributed by atoms with Gasteiger partial charge in [-0.2, -0.15) is 4.98 Å². The predicted octanol–water partition coefficient (Wildman–Crippen LogP) is 4.13. The van der Waals surface area contributed by atoms with Gasteiger partial charge in [0.15, 0.2) is 0 Å². The van der Waals surface area contributed by atoms with Crippen molar-refractivity contribution in [1.82, 2.24) is 9.97 Å². The standard InChI is InChI=1S/C16H21N3O/c1-5-17-16-18-10-12(4)15(19-16)20-14-8-6-7-13(9-14)11(2)3/h6-11H,5H2,1-4H3,(H,17,18,19). The van der Waals surface area contributed by atoms with Crippen LogP contribution in [0.4, 0.5) is 5.95 Å². The number of anilines is 1. The van der Waals surface area contributed by atoms with Gasteiger partial charge in [0, 0.05) is 18.3 Å². The first-order valence-corrected chi connectivity index (χ1v) is 6.95. The zero-order chi connectivity index (χ0) is 14.5. The SMILES string of the molecule is CCNc1ncc(C)c(Oc2cccc(C(C)C)c2)n1. The van der Waals surface area contributed by atoms with Gasteiger partial charge in [0.2, 0.25) is 11.8 Å². The van der Waals surface area contributed by atoms with Gasteiger partial charge in [0.05, 0.1) is 0 Å². The van der Waals surface area contributed by atoms with E-state index in [0.29, 0.717) is 17.7 Å². The molecule has 0 aliphatic carbocycles. The molecule has 2 aromatic rings. The second-order valence-corrected chi connectivity index (χ2v) is 5.04. The van der Waals surface area contributed by atoms with E-state index in [1.807, 2.05) is 26.0 Å². The zero-order valence-electron chi connectivity index (χ0n) is 12.5. The Morgan fingerprint density at radius 3 is 2.80 bits per heavy atom. The van der Waals surface area contributed by atoms with Crippen LogP contribution in [-0.4, -0.2) is 16.5 Å². The molecule has 0 saturated carbocycles. The van der Waals surface area contributed by atoms with Crippen molar-refractivity contribution in [2.45, 2.75) is 33.6 Å². The fraction of sp³-hybridized carbons (Fsp3) is 0.375. The molecule has 0 radical (unpaired) electrons. The van der Waals surface area contributed by atoms with Gasteiger partial charge in [0.25, 0.3) is 0 Å². The van der Waals surface area contributed by atoms with Crippen LogP contribution in [0.3, 0.4) is 0 Å². The van der Waals surface area contributed by atoms with Crippen molar-refractivity contribution < 1.29 is 4.74 Å². The summed E-state index contributed by atoms with van der Waals surface area (Å²) in [6.45, 7) is 9.06. The lowest BCUT2D eigenvalue weighted by atomic mass is 10.0. The van der Waals surface area contributed by atoms with E-state index in [0.717, 1.165) is 17.9 Å². The molecule has 2 rings (SSSR count). The van der Waals surface area contributed by atoms with Gasteiger partial charge in [-0.05, 0) is 37.5 Å². The second-order valence-electron chi connectivity index (χ2n) is 5.04. The molecule has 0 saturated heterocycles. The number of aromatic nitrogens is 2. The number of aryl methyl sites for hydroxylation is 1. The molecule has 0 spiro atoms. The largest absolute Gasteiger partial charge is 0.439 e. The number of rotatable bonds is 5. The maximum absolute atomic E-state index is 5.90. The van der Waals surface area contributed by atoms with E-state index in [9.17, 15) is 0 Å². The molecule has 0 amide bonds. The Balaban J connectivity index is 2.24. The van der Waals surface area contributed by atoms with Crippen LogP contribution in [0.15, 0.2) is 30.5 Å². The van der Waals surface area contributed by atoms with Gasteiger partial charge < -0.3 is 10.1 Å². The lowest BCUT2D eigenvalue weighted by Gasteiger charge is -2.11. The molecule has 4 nitrogen and oxygen atoms in total. The van der Waals surface area contributed by atoms with Crippen LogP contribution in [0, 0.1) is 6.92 Å². The average molecular weight is 271 g/mol. The van der Waals surface area contributed by atoms with E-state index >= 15 is 0 Å². The number of nitrogens with one attached hydrogen (secondary N) is 1. The molecule has 4 heteroatoms. The van der Waals surface area contributed by atoms with E-state index < -0.39 is 0 Å². The van der Waals surface area contributed by atoms with Gasteiger partial charge >= 0.3 is 0 Å². The molecule has 1 heterocycles. The monoisotopic (exact) mass is 271 g/mol. The highest BCUT2D eigenvalue weighted by Crippen LogP contribution is 2.26. The summed E-state index contributed by atoms with van der Waals surface area (Å²) < 4.78 is 5.90. The highest BCUT2D eigenvalue weighted by atomic mass is 16.5. The Kier molecular flexibility index (Phi) is 4.56. The van der Waals surface area contributed by atoms with Crippen LogP contribution >= 0.6 is 0 Å². The van der Waals surface area contributed by atoms with E-state index in [-0.39, 0.29) is 0 Å². The van der Waals surface area contributed by atoms with Crippen LogP contribution in [0.2, 0.25) is 0 Å². The molecule has 0 fully saturated rings. The quantitative estimate of drug-likeness (QED) is 0.888. The molecule has 0 atom stereocenters. The highest BCUT2D eigenvalue weighted by Gasteiger charge is 2.07. The normalized spacial score (nSPS) is 10.7. The minimum atomic E-state index is 0.474. The first kappa shape index (κ1) is 14.3. The van der Waals surface area contributed by atoms with Crippen molar-refractivity contribution in [1.29, 1.82) is 0 Å². The van der Waals surface area contributed by atoms with Gasteiger partial charge in [-0.25, -0.2) is 4.98 Å². The summed E-state index contributed by atoms with van der Waals surface area (Å²) in [5.41, 5.74) is 2.17. The summed E-state index contributed by atoms with van der Waals surface area (Å²) in [5.74, 6) is 2.47. The van der Waals surface area contributed by atoms with E-state index in [1.165, 1.54) is 5.56 Å². The third-order valence-corrected chi connectivity index (χ3v) is 3.00. The lowest BCUT2D eigenvalue weighted by molar-refractivity contribution is 0.457. The maximum atomic E-state index is 5.90. The van der Waals surface area contributed by atoms with Crippen LogP contribution in [0.5, 0.6) is 11.6 Å². The Morgan fingerprint density at radius 2 is 2.10 bits per heavy atom. The maximum Gasteiger partial charge on any atom is 0.226 e. The first-order chi connectivity index (χ1) is 9.60. The molecule has 0 unspecified atom stereocenters. The van der Waals surface area contributed by atoms with Crippen molar-refractivity contribution in [3.8, 4) is 11.6 Å². The van der Waals surface area contributed by atoms with Gasteiger partial charge in [-0.3, -0.25) is 0 Å². The lowest BCUT2D eigenvalue weighted by Crippen LogP contribution is -2.03. The zero-order valence-corrected chi connectivity index (χ0v) is 12.5. The molecule has 106 valence electrons. The van der Waals surface area contributed by atoms with Crippen LogP contribution in [-0.2, 0) is 0 Å². The molecule has 0 aliphatic rings. The van der Waals surface area contributed by atoms with E-state index in [1.54, 1.807) is 6.20 Å². The van der Waals surface area contributed by atoms with Crippen molar-refractivity contribution in [2.75, 3.05) is 11.9 Å². The average Bonchev–Trinajstić information content (AvgIpc) is 2.43. The van der Waals surface area contributed by atoms with Crippen molar-refractivity contribution in [3.63, 3.8) is 0 Å². The fourth-order valence-corrected chi connectivity index (χ4v) is 1.82. The van der Waals surface area contributed by atoms with Gasteiger partial charge in [-0.1, -0.05) is 26.0 Å². The first-order valence-electron chi connectivity index (χ1n) is 6.95. The molecule has 20 heavy (non-hydrogen) atoms. The van der Waals surface area contributed by atoms with Gasteiger partial charge in [-0.15, -0.1) is 0 Å². The predicted molar refractivity (Wildman–Crippen MR) is 81.5 cm³/mol. The van der Waals surface area contributed by atoms with Crippen molar-refractivity contribution >= 4 is 5.95 Å². The molecule has 1 aromatic carbocycles. The summed E-state index contributed by atoms with van der Waals surface area (Å²) in [6.07, 6.45) is 1.77. The summed E-state index contributed by atoms with van der Waals surface area (Å²) in [5, 5.41) is 3.09. The Bertz CT molecular complexity index is 582. The van der Waals surface area contributed by atoms with E-state index in [2.05, 4.69) is 41.3 Å². The molecule has 1 N–H and O–H groups in total. The number of benzene rings is 1. The molecule has 0 bridgehead atoms. The Labute approximate surface area is 120 Å². The number of nitrogens with zero attached hydrogens (tertiary/aromatic N) is 2. The second kappa shape index (κ2) is 6.37. The number of hydrogen-bond donors (Lipinski definition) is 1.